The van der Waals surface area contributed by atoms with Crippen molar-refractivity contribution in [2.45, 2.75) is 52.7 Å². The van der Waals surface area contributed by atoms with E-state index < -0.39 is 18.3 Å². The molecule has 1 saturated heterocycles. The van der Waals surface area contributed by atoms with Gasteiger partial charge >= 0.3 is 7.12 Å². The number of halogens is 1. The molecule has 0 aromatic heterocycles. The summed E-state index contributed by atoms with van der Waals surface area (Å²) in [6.07, 6.45) is 0. The summed E-state index contributed by atoms with van der Waals surface area (Å²) in [5.41, 5.74) is 1.48. The van der Waals surface area contributed by atoms with E-state index in [1.165, 1.54) is 12.1 Å². The van der Waals surface area contributed by atoms with Crippen LogP contribution >= 0.6 is 0 Å². The van der Waals surface area contributed by atoms with E-state index in [1.54, 1.807) is 0 Å². The zero-order valence-electron chi connectivity index (χ0n) is 15.6. The summed E-state index contributed by atoms with van der Waals surface area (Å²) in [6.45, 7) is 11.7. The fourth-order valence-electron chi connectivity index (χ4n) is 2.91. The topological polar surface area (TPSA) is 27.7 Å². The van der Waals surface area contributed by atoms with Crippen LogP contribution in [0.3, 0.4) is 0 Å². The van der Waals surface area contributed by atoms with Crippen molar-refractivity contribution in [2.75, 3.05) is 0 Å². The maximum absolute atomic E-state index is 13.5. The van der Waals surface area contributed by atoms with Crippen LogP contribution in [0.5, 0.6) is 11.5 Å². The Kier molecular flexibility index (Phi) is 4.42. The van der Waals surface area contributed by atoms with E-state index in [0.29, 0.717) is 11.5 Å². The van der Waals surface area contributed by atoms with Gasteiger partial charge < -0.3 is 14.0 Å². The molecular formula is C20H24BFO3. The molecule has 3 nitrogen and oxygen atoms in total. The monoisotopic (exact) mass is 342 g/mol. The number of hydrogen-bond donors (Lipinski definition) is 0. The molecule has 2 aromatic carbocycles. The fourth-order valence-corrected chi connectivity index (χ4v) is 2.91. The first-order valence-corrected chi connectivity index (χ1v) is 8.50. The van der Waals surface area contributed by atoms with Crippen molar-refractivity contribution in [3.63, 3.8) is 0 Å². The Labute approximate surface area is 149 Å². The van der Waals surface area contributed by atoms with Gasteiger partial charge in [0.2, 0.25) is 0 Å². The van der Waals surface area contributed by atoms with Crippen LogP contribution in [0.25, 0.3) is 0 Å². The molecule has 132 valence electrons. The highest BCUT2D eigenvalue weighted by atomic mass is 19.1. The van der Waals surface area contributed by atoms with Crippen molar-refractivity contribution in [1.29, 1.82) is 0 Å². The number of para-hydroxylation sites is 1. The third kappa shape index (κ3) is 3.31. The minimum absolute atomic E-state index is 0.262. The van der Waals surface area contributed by atoms with E-state index >= 15 is 0 Å². The Morgan fingerprint density at radius 3 is 2.00 bits per heavy atom. The van der Waals surface area contributed by atoms with Crippen molar-refractivity contribution < 1.29 is 18.4 Å². The molecule has 0 amide bonds. The van der Waals surface area contributed by atoms with Crippen LogP contribution < -0.4 is 10.2 Å². The second kappa shape index (κ2) is 6.15. The summed E-state index contributed by atoms with van der Waals surface area (Å²) >= 11 is 0. The van der Waals surface area contributed by atoms with E-state index in [4.69, 9.17) is 14.0 Å². The predicted octanol–water partition coefficient (Wildman–Crippen LogP) is 4.53. The molecule has 0 unspecified atom stereocenters. The highest BCUT2D eigenvalue weighted by molar-refractivity contribution is 6.63. The third-order valence-corrected chi connectivity index (χ3v) is 5.06. The molecule has 5 heteroatoms. The van der Waals surface area contributed by atoms with E-state index in [9.17, 15) is 4.39 Å². The van der Waals surface area contributed by atoms with Gasteiger partial charge in [-0.1, -0.05) is 18.2 Å². The average Bonchev–Trinajstić information content (AvgIpc) is 2.71. The molecule has 1 aliphatic rings. The predicted molar refractivity (Wildman–Crippen MR) is 98.1 cm³/mol. The Balaban J connectivity index is 1.96. The lowest BCUT2D eigenvalue weighted by molar-refractivity contribution is 0.00578. The number of ether oxygens (including phenoxy) is 1. The second-order valence-corrected chi connectivity index (χ2v) is 7.60. The molecule has 3 rings (SSSR count). The van der Waals surface area contributed by atoms with Crippen LogP contribution in [0.15, 0.2) is 36.4 Å². The van der Waals surface area contributed by atoms with E-state index in [2.05, 4.69) is 0 Å². The molecule has 1 fully saturated rings. The molecule has 0 saturated carbocycles. The average molecular weight is 342 g/mol. The first kappa shape index (κ1) is 18.0. The first-order valence-electron chi connectivity index (χ1n) is 8.50. The smallest absolute Gasteiger partial charge is 0.457 e. The molecule has 1 heterocycles. The van der Waals surface area contributed by atoms with Crippen LogP contribution in [0.1, 0.15) is 38.8 Å². The second-order valence-electron chi connectivity index (χ2n) is 7.60. The van der Waals surface area contributed by atoms with Gasteiger partial charge in [0, 0.05) is 5.46 Å². The quantitative estimate of drug-likeness (QED) is 0.767. The summed E-state index contributed by atoms with van der Waals surface area (Å²) < 4.78 is 32.0. The Morgan fingerprint density at radius 2 is 1.44 bits per heavy atom. The molecule has 2 aromatic rings. The van der Waals surface area contributed by atoms with Crippen molar-refractivity contribution in [2.24, 2.45) is 0 Å². The summed E-state index contributed by atoms with van der Waals surface area (Å²) in [5, 5.41) is 0. The minimum atomic E-state index is -0.512. The molecule has 25 heavy (non-hydrogen) atoms. The number of aryl methyl sites for hydroxylation is 2. The zero-order chi connectivity index (χ0) is 18.4. The first-order chi connectivity index (χ1) is 11.6. The summed E-state index contributed by atoms with van der Waals surface area (Å²) in [7, 11) is -0.512. The van der Waals surface area contributed by atoms with Crippen LogP contribution in [0.4, 0.5) is 4.39 Å². The number of benzene rings is 2. The highest BCUT2D eigenvalue weighted by Gasteiger charge is 2.52. The van der Waals surface area contributed by atoms with Crippen LogP contribution in [0, 0.1) is 19.7 Å². The summed E-state index contributed by atoms with van der Waals surface area (Å²) in [4.78, 5) is 0. The van der Waals surface area contributed by atoms with E-state index in [1.807, 2.05) is 65.8 Å². The van der Waals surface area contributed by atoms with Gasteiger partial charge in [-0.2, -0.15) is 0 Å². The van der Waals surface area contributed by atoms with Gasteiger partial charge in [-0.05, 0) is 70.9 Å². The molecule has 0 bridgehead atoms. The van der Waals surface area contributed by atoms with Gasteiger partial charge in [0.05, 0.1) is 11.2 Å². The normalized spacial score (nSPS) is 18.4. The molecule has 0 aliphatic carbocycles. The van der Waals surface area contributed by atoms with Gasteiger partial charge in [-0.3, -0.25) is 0 Å². The Morgan fingerprint density at radius 1 is 0.920 bits per heavy atom. The van der Waals surface area contributed by atoms with Crippen molar-refractivity contribution >= 4 is 12.6 Å². The van der Waals surface area contributed by atoms with Crippen LogP contribution in [-0.2, 0) is 9.31 Å². The van der Waals surface area contributed by atoms with Gasteiger partial charge in [0.15, 0.2) is 0 Å². The summed E-state index contributed by atoms with van der Waals surface area (Å²) in [5.74, 6) is 1.05. The lowest BCUT2D eigenvalue weighted by Gasteiger charge is -2.32. The van der Waals surface area contributed by atoms with Gasteiger partial charge in [-0.25, -0.2) is 4.39 Å². The van der Waals surface area contributed by atoms with E-state index in [-0.39, 0.29) is 5.82 Å². The zero-order valence-corrected chi connectivity index (χ0v) is 15.6. The van der Waals surface area contributed by atoms with Gasteiger partial charge in [0.25, 0.3) is 0 Å². The molecule has 0 spiro atoms. The van der Waals surface area contributed by atoms with Crippen LogP contribution in [0.2, 0.25) is 0 Å². The maximum atomic E-state index is 13.5. The molecule has 1 aliphatic heterocycles. The van der Waals surface area contributed by atoms with Crippen molar-refractivity contribution in [1.82, 2.24) is 0 Å². The van der Waals surface area contributed by atoms with Crippen LogP contribution in [-0.4, -0.2) is 18.3 Å². The lowest BCUT2D eigenvalue weighted by Crippen LogP contribution is -2.41. The lowest BCUT2D eigenvalue weighted by atomic mass is 9.78. The molecular weight excluding hydrogens is 318 g/mol. The largest absolute Gasteiger partial charge is 0.498 e. The molecule has 0 N–H and O–H groups in total. The molecule has 0 atom stereocenters. The van der Waals surface area contributed by atoms with Crippen molar-refractivity contribution in [3.05, 3.63) is 53.3 Å². The fraction of sp³-hybridized carbons (Fsp3) is 0.400. The minimum Gasteiger partial charge on any atom is -0.457 e. The highest BCUT2D eigenvalue weighted by Crippen LogP contribution is 2.38. The summed E-state index contributed by atoms with van der Waals surface area (Å²) in [6, 6.07) is 10.6. The van der Waals surface area contributed by atoms with Gasteiger partial charge in [0.1, 0.15) is 17.3 Å². The third-order valence-electron chi connectivity index (χ3n) is 5.06. The van der Waals surface area contributed by atoms with Crippen molar-refractivity contribution in [3.8, 4) is 11.5 Å². The number of hydrogen-bond acceptors (Lipinski definition) is 3. The van der Waals surface area contributed by atoms with Gasteiger partial charge in [-0.15, -0.1) is 0 Å². The Hall–Kier alpha value is -1.85. The maximum Gasteiger partial charge on any atom is 0.498 e. The number of rotatable bonds is 3. The standard InChI is InChI=1S/C20H24BFO3/c1-13-11-15(22)12-14(2)18(13)23-17-10-8-7-9-16(17)21-24-19(3,4)20(5,6)25-21/h7-12H,1-6H3. The Bertz CT molecular complexity index is 762. The SMILES string of the molecule is Cc1cc(F)cc(C)c1Oc1ccccc1B1OC(C)(C)C(C)(C)O1. The molecule has 0 radical (unpaired) electrons. The van der Waals surface area contributed by atoms with E-state index in [0.717, 1.165) is 16.6 Å².